The standard InChI is InChI=1S/C14H22N6S/c1-10-12(8-19(2)18-10)9-21-14-17-16-13(20(14)3)11-5-4-6-15-7-11/h8,11,15H,4-7,9H2,1-3H3/t11-/m0/s1. The van der Waals surface area contributed by atoms with Gasteiger partial charge in [0.2, 0.25) is 0 Å². The van der Waals surface area contributed by atoms with Crippen molar-refractivity contribution in [3.05, 3.63) is 23.3 Å². The summed E-state index contributed by atoms with van der Waals surface area (Å²) in [7, 11) is 4.03. The van der Waals surface area contributed by atoms with Crippen LogP contribution in [0.2, 0.25) is 0 Å². The molecule has 0 amide bonds. The van der Waals surface area contributed by atoms with E-state index in [4.69, 9.17) is 0 Å². The lowest BCUT2D eigenvalue weighted by atomic mass is 9.99. The first-order valence-corrected chi connectivity index (χ1v) is 8.35. The predicted molar refractivity (Wildman–Crippen MR) is 83.4 cm³/mol. The number of piperidine rings is 1. The van der Waals surface area contributed by atoms with Gasteiger partial charge in [-0.15, -0.1) is 10.2 Å². The number of thioether (sulfide) groups is 1. The molecular formula is C14H22N6S. The van der Waals surface area contributed by atoms with E-state index < -0.39 is 0 Å². The van der Waals surface area contributed by atoms with E-state index in [2.05, 4.69) is 38.4 Å². The Morgan fingerprint density at radius 2 is 2.24 bits per heavy atom. The summed E-state index contributed by atoms with van der Waals surface area (Å²) in [5.41, 5.74) is 2.34. The molecule has 3 rings (SSSR count). The molecule has 7 heteroatoms. The average molecular weight is 306 g/mol. The van der Waals surface area contributed by atoms with E-state index in [1.165, 1.54) is 18.4 Å². The number of aromatic nitrogens is 5. The van der Waals surface area contributed by atoms with Gasteiger partial charge in [0.1, 0.15) is 5.82 Å². The maximum absolute atomic E-state index is 4.41. The van der Waals surface area contributed by atoms with Crippen molar-refractivity contribution in [1.29, 1.82) is 0 Å². The minimum atomic E-state index is 0.491. The van der Waals surface area contributed by atoms with Crippen LogP contribution in [0, 0.1) is 6.92 Å². The topological polar surface area (TPSA) is 60.6 Å². The Morgan fingerprint density at radius 1 is 1.38 bits per heavy atom. The van der Waals surface area contributed by atoms with Gasteiger partial charge in [-0.2, -0.15) is 5.10 Å². The first-order valence-electron chi connectivity index (χ1n) is 7.37. The summed E-state index contributed by atoms with van der Waals surface area (Å²) in [6.45, 7) is 4.18. The summed E-state index contributed by atoms with van der Waals surface area (Å²) in [5, 5.41) is 17.6. The minimum Gasteiger partial charge on any atom is -0.316 e. The second-order valence-corrected chi connectivity index (χ2v) is 6.59. The third-order valence-corrected chi connectivity index (χ3v) is 5.07. The maximum atomic E-state index is 4.41. The summed E-state index contributed by atoms with van der Waals surface area (Å²) >= 11 is 1.73. The molecule has 1 aliphatic heterocycles. The minimum absolute atomic E-state index is 0.491. The van der Waals surface area contributed by atoms with Crippen molar-refractivity contribution in [1.82, 2.24) is 29.9 Å². The van der Waals surface area contributed by atoms with E-state index in [1.807, 2.05) is 18.7 Å². The largest absolute Gasteiger partial charge is 0.316 e. The van der Waals surface area contributed by atoms with Gasteiger partial charge in [0.05, 0.1) is 5.69 Å². The molecule has 0 spiro atoms. The molecule has 114 valence electrons. The van der Waals surface area contributed by atoms with Crippen LogP contribution in [0.1, 0.15) is 35.8 Å². The van der Waals surface area contributed by atoms with Crippen LogP contribution in [0.4, 0.5) is 0 Å². The SMILES string of the molecule is Cc1nn(C)cc1CSc1nnc([C@H]2CCCNC2)n1C. The zero-order valence-corrected chi connectivity index (χ0v) is 13.7. The molecule has 1 saturated heterocycles. The van der Waals surface area contributed by atoms with Crippen molar-refractivity contribution >= 4 is 11.8 Å². The molecule has 6 nitrogen and oxygen atoms in total. The Morgan fingerprint density at radius 3 is 2.90 bits per heavy atom. The number of hydrogen-bond donors (Lipinski definition) is 1. The highest BCUT2D eigenvalue weighted by Crippen LogP contribution is 2.27. The molecule has 0 bridgehead atoms. The number of hydrogen-bond acceptors (Lipinski definition) is 5. The maximum Gasteiger partial charge on any atom is 0.191 e. The number of rotatable bonds is 4. The van der Waals surface area contributed by atoms with Gasteiger partial charge < -0.3 is 9.88 Å². The molecule has 0 saturated carbocycles. The van der Waals surface area contributed by atoms with Crippen molar-refractivity contribution < 1.29 is 0 Å². The van der Waals surface area contributed by atoms with Gasteiger partial charge in [-0.3, -0.25) is 4.68 Å². The third-order valence-electron chi connectivity index (χ3n) is 4.00. The van der Waals surface area contributed by atoms with E-state index in [0.717, 1.165) is 35.5 Å². The van der Waals surface area contributed by atoms with Crippen LogP contribution in [0.3, 0.4) is 0 Å². The van der Waals surface area contributed by atoms with Gasteiger partial charge in [0.25, 0.3) is 0 Å². The molecule has 1 N–H and O–H groups in total. The second-order valence-electron chi connectivity index (χ2n) is 5.65. The van der Waals surface area contributed by atoms with Gasteiger partial charge in [0.15, 0.2) is 5.16 Å². The van der Waals surface area contributed by atoms with Crippen LogP contribution >= 0.6 is 11.8 Å². The summed E-state index contributed by atoms with van der Waals surface area (Å²) in [6, 6.07) is 0. The Labute approximate surface area is 129 Å². The molecule has 0 aliphatic carbocycles. The van der Waals surface area contributed by atoms with Crippen LogP contribution in [0.25, 0.3) is 0 Å². The van der Waals surface area contributed by atoms with E-state index in [-0.39, 0.29) is 0 Å². The van der Waals surface area contributed by atoms with Crippen LogP contribution in [0.15, 0.2) is 11.4 Å². The Bertz CT molecular complexity index is 611. The summed E-state index contributed by atoms with van der Waals surface area (Å²) in [6.07, 6.45) is 4.49. The predicted octanol–water partition coefficient (Wildman–Crippen LogP) is 1.62. The highest BCUT2D eigenvalue weighted by Gasteiger charge is 2.21. The summed E-state index contributed by atoms with van der Waals surface area (Å²) in [5.74, 6) is 2.48. The van der Waals surface area contributed by atoms with E-state index in [0.29, 0.717) is 5.92 Å². The van der Waals surface area contributed by atoms with Crippen molar-refractivity contribution in [3.8, 4) is 0 Å². The van der Waals surface area contributed by atoms with Gasteiger partial charge in [-0.25, -0.2) is 0 Å². The van der Waals surface area contributed by atoms with Crippen molar-refractivity contribution in [3.63, 3.8) is 0 Å². The molecule has 1 atom stereocenters. The fourth-order valence-corrected chi connectivity index (χ4v) is 3.77. The Balaban J connectivity index is 1.69. The molecule has 0 unspecified atom stereocenters. The van der Waals surface area contributed by atoms with E-state index in [1.54, 1.807) is 11.8 Å². The summed E-state index contributed by atoms with van der Waals surface area (Å²) < 4.78 is 4.01. The van der Waals surface area contributed by atoms with Crippen LogP contribution in [-0.2, 0) is 19.8 Å². The van der Waals surface area contributed by atoms with E-state index >= 15 is 0 Å². The van der Waals surface area contributed by atoms with Crippen molar-refractivity contribution in [2.75, 3.05) is 13.1 Å². The molecule has 0 aromatic carbocycles. The number of nitrogens with one attached hydrogen (secondary N) is 1. The lowest BCUT2D eigenvalue weighted by Crippen LogP contribution is -2.29. The first kappa shape index (κ1) is 14.6. The molecule has 2 aromatic heterocycles. The highest BCUT2D eigenvalue weighted by molar-refractivity contribution is 7.98. The quantitative estimate of drug-likeness (QED) is 0.870. The van der Waals surface area contributed by atoms with Crippen molar-refractivity contribution in [2.24, 2.45) is 14.1 Å². The average Bonchev–Trinajstić information content (AvgIpc) is 3.00. The van der Waals surface area contributed by atoms with Gasteiger partial charge in [-0.05, 0) is 26.3 Å². The molecular weight excluding hydrogens is 284 g/mol. The number of aryl methyl sites for hydroxylation is 2. The molecule has 21 heavy (non-hydrogen) atoms. The lowest BCUT2D eigenvalue weighted by molar-refractivity contribution is 0.436. The monoisotopic (exact) mass is 306 g/mol. The number of nitrogens with zero attached hydrogens (tertiary/aromatic N) is 5. The zero-order valence-electron chi connectivity index (χ0n) is 12.8. The van der Waals surface area contributed by atoms with Crippen molar-refractivity contribution in [2.45, 2.75) is 36.6 Å². The van der Waals surface area contributed by atoms with Crippen LogP contribution in [0.5, 0.6) is 0 Å². The molecule has 1 aliphatic rings. The normalized spacial score (nSPS) is 19.1. The highest BCUT2D eigenvalue weighted by atomic mass is 32.2. The molecule has 2 aromatic rings. The Hall–Kier alpha value is -1.34. The first-order chi connectivity index (χ1) is 10.1. The molecule has 0 radical (unpaired) electrons. The van der Waals surface area contributed by atoms with Crippen LogP contribution < -0.4 is 5.32 Å². The molecule has 3 heterocycles. The van der Waals surface area contributed by atoms with Crippen LogP contribution in [-0.4, -0.2) is 37.6 Å². The summed E-state index contributed by atoms with van der Waals surface area (Å²) in [4.78, 5) is 0. The van der Waals surface area contributed by atoms with Gasteiger partial charge >= 0.3 is 0 Å². The van der Waals surface area contributed by atoms with Gasteiger partial charge in [-0.1, -0.05) is 11.8 Å². The van der Waals surface area contributed by atoms with E-state index in [9.17, 15) is 0 Å². The third kappa shape index (κ3) is 3.13. The lowest BCUT2D eigenvalue weighted by Gasteiger charge is -2.21. The molecule has 1 fully saturated rings. The fraction of sp³-hybridized carbons (Fsp3) is 0.643. The second kappa shape index (κ2) is 6.19. The van der Waals surface area contributed by atoms with Gasteiger partial charge in [0, 0.05) is 44.1 Å². The Kier molecular flexibility index (Phi) is 4.30. The fourth-order valence-electron chi connectivity index (χ4n) is 2.81. The smallest absolute Gasteiger partial charge is 0.191 e. The zero-order chi connectivity index (χ0) is 14.8.